The quantitative estimate of drug-likeness (QED) is 0.104. The van der Waals surface area contributed by atoms with Crippen LogP contribution in [-0.4, -0.2) is 23.4 Å². The summed E-state index contributed by atoms with van der Waals surface area (Å²) in [6.07, 6.45) is 1.54. The highest BCUT2D eigenvalue weighted by molar-refractivity contribution is 14.1. The summed E-state index contributed by atoms with van der Waals surface area (Å²) in [6, 6.07) is 14.1. The van der Waals surface area contributed by atoms with Gasteiger partial charge in [0.05, 0.1) is 15.1 Å². The molecule has 0 bridgehead atoms. The first-order valence-electron chi connectivity index (χ1n) is 10.9. The average molecular weight is 602 g/mol. The van der Waals surface area contributed by atoms with Crippen molar-refractivity contribution in [3.05, 3.63) is 102 Å². The van der Waals surface area contributed by atoms with Gasteiger partial charge in [-0.25, -0.2) is 14.2 Å². The van der Waals surface area contributed by atoms with Crippen molar-refractivity contribution in [2.24, 2.45) is 4.99 Å². The zero-order valence-electron chi connectivity index (χ0n) is 19.3. The number of nitrogens with zero attached hydrogens (tertiary/aromatic N) is 2. The third-order valence-corrected chi connectivity index (χ3v) is 5.98. The predicted molar refractivity (Wildman–Crippen MR) is 139 cm³/mol. The second-order valence-corrected chi connectivity index (χ2v) is 8.94. The molecule has 1 aliphatic heterocycles. The predicted octanol–water partition coefficient (Wildman–Crippen LogP) is 5.97. The largest absolute Gasteiger partial charge is 0.490 e. The molecule has 3 aromatic carbocycles. The molecule has 10 heteroatoms. The highest BCUT2D eigenvalue weighted by atomic mass is 127. The Morgan fingerprint density at radius 3 is 2.69 bits per heavy atom. The van der Waals surface area contributed by atoms with Gasteiger partial charge in [0.15, 0.2) is 17.2 Å². The summed E-state index contributed by atoms with van der Waals surface area (Å²) in [6.45, 7) is 3.98. The molecule has 0 N–H and O–H groups in total. The molecule has 0 unspecified atom stereocenters. The first kappa shape index (κ1) is 25.3. The molecule has 0 aliphatic carbocycles. The maximum Gasteiger partial charge on any atom is 0.363 e. The van der Waals surface area contributed by atoms with Gasteiger partial charge in [0, 0.05) is 17.2 Å². The Kier molecular flexibility index (Phi) is 7.63. The first-order chi connectivity index (χ1) is 17.2. The number of nitro benzene ring substituents is 1. The standard InChI is InChI=1S/C26H20FIN2O6/c1-3-34-23-12-17(10-20(28)24(23)35-14-16-5-4-6-19(27)9-16)11-21-26(31)36-25(29-21)18-8-7-15(2)22(13-18)30(32)33/h4-13H,3,14H2,1-2H3/b21-11-. The number of aryl methyl sites for hydroxylation is 1. The summed E-state index contributed by atoms with van der Waals surface area (Å²) in [5.41, 5.74) is 2.06. The molecule has 0 radical (unpaired) electrons. The van der Waals surface area contributed by atoms with E-state index < -0.39 is 10.9 Å². The first-order valence-corrected chi connectivity index (χ1v) is 11.9. The van der Waals surface area contributed by atoms with Crippen molar-refractivity contribution in [2.45, 2.75) is 20.5 Å². The minimum atomic E-state index is -0.673. The maximum absolute atomic E-state index is 13.5. The third kappa shape index (κ3) is 5.70. The molecule has 184 valence electrons. The Balaban J connectivity index is 1.63. The molecular weight excluding hydrogens is 582 g/mol. The zero-order chi connectivity index (χ0) is 25.8. The number of nitro groups is 1. The number of carbonyl (C=O) groups excluding carboxylic acids is 1. The normalized spacial score (nSPS) is 13.9. The van der Waals surface area contributed by atoms with Crippen LogP contribution in [0.2, 0.25) is 0 Å². The van der Waals surface area contributed by atoms with Gasteiger partial charge < -0.3 is 14.2 Å². The lowest BCUT2D eigenvalue weighted by atomic mass is 10.1. The zero-order valence-corrected chi connectivity index (χ0v) is 21.4. The molecule has 0 saturated heterocycles. The molecule has 1 heterocycles. The lowest BCUT2D eigenvalue weighted by Gasteiger charge is -2.15. The molecule has 4 rings (SSSR count). The van der Waals surface area contributed by atoms with Crippen LogP contribution in [-0.2, 0) is 16.1 Å². The number of rotatable bonds is 8. The number of carbonyl (C=O) groups is 1. The van der Waals surface area contributed by atoms with Gasteiger partial charge in [-0.3, -0.25) is 10.1 Å². The van der Waals surface area contributed by atoms with Crippen molar-refractivity contribution in [1.29, 1.82) is 0 Å². The van der Waals surface area contributed by atoms with E-state index in [4.69, 9.17) is 14.2 Å². The highest BCUT2D eigenvalue weighted by Gasteiger charge is 2.26. The summed E-state index contributed by atoms with van der Waals surface area (Å²) in [5.74, 6) is -0.0791. The summed E-state index contributed by atoms with van der Waals surface area (Å²) in [4.78, 5) is 27.5. The van der Waals surface area contributed by atoms with Crippen molar-refractivity contribution < 1.29 is 28.3 Å². The van der Waals surface area contributed by atoms with Gasteiger partial charge in [-0.05, 0) is 84.0 Å². The second kappa shape index (κ2) is 10.9. The molecule has 0 saturated carbocycles. The van der Waals surface area contributed by atoms with E-state index in [1.807, 2.05) is 6.92 Å². The lowest BCUT2D eigenvalue weighted by Crippen LogP contribution is -2.06. The van der Waals surface area contributed by atoms with Crippen LogP contribution in [0.4, 0.5) is 10.1 Å². The van der Waals surface area contributed by atoms with Crippen LogP contribution in [0.3, 0.4) is 0 Å². The molecule has 0 spiro atoms. The molecule has 8 nitrogen and oxygen atoms in total. The van der Waals surface area contributed by atoms with E-state index in [-0.39, 0.29) is 29.7 Å². The van der Waals surface area contributed by atoms with Crippen molar-refractivity contribution in [2.75, 3.05) is 6.61 Å². The van der Waals surface area contributed by atoms with Gasteiger partial charge in [0.25, 0.3) is 5.69 Å². The molecule has 0 aromatic heterocycles. The number of aliphatic imine (C=N–C) groups is 1. The van der Waals surface area contributed by atoms with Crippen molar-refractivity contribution in [3.8, 4) is 11.5 Å². The fraction of sp³-hybridized carbons (Fsp3) is 0.154. The Morgan fingerprint density at radius 1 is 1.17 bits per heavy atom. The molecular formula is C26H20FIN2O6. The number of esters is 1. The fourth-order valence-electron chi connectivity index (χ4n) is 3.49. The van der Waals surface area contributed by atoms with Gasteiger partial charge in [-0.2, -0.15) is 0 Å². The van der Waals surface area contributed by atoms with Gasteiger partial charge in [0.2, 0.25) is 5.90 Å². The Labute approximate surface area is 219 Å². The van der Waals surface area contributed by atoms with Crippen LogP contribution >= 0.6 is 22.6 Å². The smallest absolute Gasteiger partial charge is 0.363 e. The SMILES string of the molecule is CCOc1cc(/C=C2\N=C(c3ccc(C)c([N+](=O)[O-])c3)OC2=O)cc(I)c1OCc1cccc(F)c1. The Hall–Kier alpha value is -3.80. The van der Waals surface area contributed by atoms with Gasteiger partial charge >= 0.3 is 5.97 Å². The number of cyclic esters (lactones) is 1. The topological polar surface area (TPSA) is 100 Å². The van der Waals surface area contributed by atoms with Crippen molar-refractivity contribution in [1.82, 2.24) is 0 Å². The van der Waals surface area contributed by atoms with E-state index in [2.05, 4.69) is 27.6 Å². The summed E-state index contributed by atoms with van der Waals surface area (Å²) in [7, 11) is 0. The third-order valence-electron chi connectivity index (χ3n) is 5.18. The number of benzene rings is 3. The van der Waals surface area contributed by atoms with Crippen LogP contribution in [0.25, 0.3) is 6.08 Å². The van der Waals surface area contributed by atoms with Crippen LogP contribution in [0.5, 0.6) is 11.5 Å². The van der Waals surface area contributed by atoms with Crippen LogP contribution < -0.4 is 9.47 Å². The maximum atomic E-state index is 13.5. The summed E-state index contributed by atoms with van der Waals surface area (Å²) >= 11 is 2.09. The molecule has 1 aliphatic rings. The molecule has 36 heavy (non-hydrogen) atoms. The van der Waals surface area contributed by atoms with E-state index in [0.29, 0.717) is 43.9 Å². The second-order valence-electron chi connectivity index (χ2n) is 7.78. The van der Waals surface area contributed by atoms with E-state index >= 15 is 0 Å². The van der Waals surface area contributed by atoms with Crippen LogP contribution in [0, 0.1) is 26.4 Å². The molecule has 0 atom stereocenters. The van der Waals surface area contributed by atoms with Gasteiger partial charge in [-0.1, -0.05) is 18.2 Å². The average Bonchev–Trinajstić information content (AvgIpc) is 3.19. The molecule has 0 amide bonds. The van der Waals surface area contributed by atoms with E-state index in [1.54, 1.807) is 49.4 Å². The number of hydrogen-bond acceptors (Lipinski definition) is 7. The van der Waals surface area contributed by atoms with E-state index in [9.17, 15) is 19.3 Å². The number of hydrogen-bond donors (Lipinski definition) is 0. The Bertz CT molecular complexity index is 1420. The summed E-state index contributed by atoms with van der Waals surface area (Å²) < 4.78 is 31.2. The molecule has 3 aromatic rings. The number of ether oxygens (including phenoxy) is 3. The highest BCUT2D eigenvalue weighted by Crippen LogP contribution is 2.36. The minimum absolute atomic E-state index is 0.0101. The van der Waals surface area contributed by atoms with Crippen molar-refractivity contribution in [3.63, 3.8) is 0 Å². The van der Waals surface area contributed by atoms with Crippen molar-refractivity contribution >= 4 is 46.2 Å². The lowest BCUT2D eigenvalue weighted by molar-refractivity contribution is -0.385. The van der Waals surface area contributed by atoms with Crippen LogP contribution in [0.15, 0.2) is 65.3 Å². The monoisotopic (exact) mass is 602 g/mol. The number of halogens is 2. The van der Waals surface area contributed by atoms with E-state index in [1.165, 1.54) is 18.2 Å². The van der Waals surface area contributed by atoms with E-state index in [0.717, 1.165) is 0 Å². The van der Waals surface area contributed by atoms with Gasteiger partial charge in [-0.15, -0.1) is 0 Å². The summed E-state index contributed by atoms with van der Waals surface area (Å²) in [5, 5.41) is 11.3. The Morgan fingerprint density at radius 2 is 1.97 bits per heavy atom. The van der Waals surface area contributed by atoms with Crippen LogP contribution in [0.1, 0.15) is 29.2 Å². The molecule has 0 fully saturated rings. The van der Waals surface area contributed by atoms with Gasteiger partial charge in [0.1, 0.15) is 12.4 Å². The fourth-order valence-corrected chi connectivity index (χ4v) is 4.27. The minimum Gasteiger partial charge on any atom is -0.490 e.